The summed E-state index contributed by atoms with van der Waals surface area (Å²) < 4.78 is 10.5. The number of methoxy groups -OCH3 is 1. The van der Waals surface area contributed by atoms with Gasteiger partial charge in [-0.3, -0.25) is 9.59 Å². The Kier molecular flexibility index (Phi) is 7.13. The van der Waals surface area contributed by atoms with Gasteiger partial charge in [-0.05, 0) is 24.3 Å². The molecule has 2 heterocycles. The zero-order chi connectivity index (χ0) is 19.9. The lowest BCUT2D eigenvalue weighted by Gasteiger charge is -2.23. The fourth-order valence-corrected chi connectivity index (χ4v) is 3.86. The van der Waals surface area contributed by atoms with Gasteiger partial charge in [0.1, 0.15) is 6.61 Å². The molecule has 1 unspecified atom stereocenters. The van der Waals surface area contributed by atoms with Crippen LogP contribution in [0.4, 0.5) is 5.69 Å². The molecule has 7 nitrogen and oxygen atoms in total. The summed E-state index contributed by atoms with van der Waals surface area (Å²) in [6.07, 6.45) is 1.69. The monoisotopic (exact) mass is 421 g/mol. The van der Waals surface area contributed by atoms with Crippen LogP contribution in [0.25, 0.3) is 0 Å². The predicted octanol–water partition coefficient (Wildman–Crippen LogP) is 2.88. The van der Waals surface area contributed by atoms with Gasteiger partial charge in [0, 0.05) is 41.8 Å². The minimum atomic E-state index is -0.500. The number of ether oxygens (including phenoxy) is 2. The van der Waals surface area contributed by atoms with Gasteiger partial charge < -0.3 is 20.1 Å². The van der Waals surface area contributed by atoms with Gasteiger partial charge in [-0.2, -0.15) is 0 Å². The van der Waals surface area contributed by atoms with E-state index in [2.05, 4.69) is 15.6 Å². The van der Waals surface area contributed by atoms with Crippen molar-refractivity contribution >= 4 is 40.9 Å². The first-order valence-electron chi connectivity index (χ1n) is 8.66. The van der Waals surface area contributed by atoms with Crippen molar-refractivity contribution in [2.75, 3.05) is 25.6 Å². The number of amides is 2. The lowest BCUT2D eigenvalue weighted by molar-refractivity contribution is -0.124. The molecular weight excluding hydrogens is 402 g/mol. The summed E-state index contributed by atoms with van der Waals surface area (Å²) in [5, 5.41) is 5.68. The Bertz CT molecular complexity index is 865. The van der Waals surface area contributed by atoms with Crippen LogP contribution in [0.3, 0.4) is 0 Å². The minimum Gasteiger partial charge on any atom is -0.475 e. The molecule has 0 saturated carbocycles. The second-order valence-electron chi connectivity index (χ2n) is 6.03. The third-order valence-electron chi connectivity index (χ3n) is 3.98. The molecule has 0 aliphatic carbocycles. The standard InChI is InChI=1S/C19H20ClN3O4S/c1-26-7-8-27-19-12(3-2-6-21-19)11-22-17(24)10-16-18(25)23-14-9-13(20)4-5-15(14)28-16/h2-6,9,16H,7-8,10-11H2,1H3,(H,22,24)(H,23,25). The highest BCUT2D eigenvalue weighted by atomic mass is 35.5. The van der Waals surface area contributed by atoms with Crippen molar-refractivity contribution in [3.05, 3.63) is 47.1 Å². The first-order chi connectivity index (χ1) is 13.6. The van der Waals surface area contributed by atoms with E-state index in [1.54, 1.807) is 31.5 Å². The first kappa shape index (κ1) is 20.4. The number of nitrogens with zero attached hydrogens (tertiary/aromatic N) is 1. The van der Waals surface area contributed by atoms with Crippen molar-refractivity contribution < 1.29 is 19.1 Å². The van der Waals surface area contributed by atoms with Crippen LogP contribution in [0, 0.1) is 0 Å². The maximum absolute atomic E-state index is 12.4. The van der Waals surface area contributed by atoms with Gasteiger partial charge in [-0.15, -0.1) is 11.8 Å². The van der Waals surface area contributed by atoms with E-state index in [4.69, 9.17) is 21.1 Å². The van der Waals surface area contributed by atoms with E-state index in [0.717, 1.165) is 10.5 Å². The molecule has 0 spiro atoms. The number of anilines is 1. The summed E-state index contributed by atoms with van der Waals surface area (Å²) in [7, 11) is 1.59. The molecule has 28 heavy (non-hydrogen) atoms. The second-order valence-corrected chi connectivity index (χ2v) is 7.71. The molecule has 0 fully saturated rings. The Morgan fingerprint density at radius 1 is 1.36 bits per heavy atom. The quantitative estimate of drug-likeness (QED) is 0.637. The maximum atomic E-state index is 12.4. The van der Waals surface area contributed by atoms with Gasteiger partial charge in [0.25, 0.3) is 0 Å². The molecule has 2 aromatic rings. The fraction of sp³-hybridized carbons (Fsp3) is 0.316. The van der Waals surface area contributed by atoms with Crippen LogP contribution in [0.2, 0.25) is 5.02 Å². The molecule has 1 aliphatic rings. The fourth-order valence-electron chi connectivity index (χ4n) is 2.60. The van der Waals surface area contributed by atoms with Crippen molar-refractivity contribution in [2.24, 2.45) is 0 Å². The topological polar surface area (TPSA) is 89.6 Å². The Balaban J connectivity index is 1.55. The van der Waals surface area contributed by atoms with Crippen LogP contribution in [0.15, 0.2) is 41.4 Å². The summed E-state index contributed by atoms with van der Waals surface area (Å²) in [6, 6.07) is 8.90. The number of aromatic nitrogens is 1. The Labute approximate surface area is 172 Å². The van der Waals surface area contributed by atoms with Crippen LogP contribution in [0.5, 0.6) is 5.88 Å². The largest absolute Gasteiger partial charge is 0.475 e. The molecule has 0 saturated heterocycles. The van der Waals surface area contributed by atoms with E-state index < -0.39 is 5.25 Å². The number of hydrogen-bond acceptors (Lipinski definition) is 6. The number of carbonyl (C=O) groups is 2. The third-order valence-corrected chi connectivity index (χ3v) is 5.49. The van der Waals surface area contributed by atoms with Gasteiger partial charge in [0.2, 0.25) is 17.7 Å². The van der Waals surface area contributed by atoms with E-state index in [-0.39, 0.29) is 24.8 Å². The number of pyridine rings is 1. The van der Waals surface area contributed by atoms with E-state index >= 15 is 0 Å². The van der Waals surface area contributed by atoms with E-state index in [9.17, 15) is 9.59 Å². The van der Waals surface area contributed by atoms with Crippen molar-refractivity contribution in [2.45, 2.75) is 23.1 Å². The number of benzene rings is 1. The average Bonchev–Trinajstić information content (AvgIpc) is 2.68. The zero-order valence-corrected chi connectivity index (χ0v) is 16.8. The predicted molar refractivity (Wildman–Crippen MR) is 108 cm³/mol. The van der Waals surface area contributed by atoms with E-state index in [1.165, 1.54) is 11.8 Å². The zero-order valence-electron chi connectivity index (χ0n) is 15.2. The Morgan fingerprint density at radius 2 is 2.21 bits per heavy atom. The highest BCUT2D eigenvalue weighted by Crippen LogP contribution is 2.38. The minimum absolute atomic E-state index is 0.0681. The molecule has 2 amide bonds. The number of rotatable bonds is 8. The van der Waals surface area contributed by atoms with Crippen LogP contribution < -0.4 is 15.4 Å². The summed E-state index contributed by atoms with van der Waals surface area (Å²) in [5.41, 5.74) is 1.43. The molecule has 1 aromatic carbocycles. The molecule has 1 atom stereocenters. The summed E-state index contributed by atoms with van der Waals surface area (Å²) in [5.74, 6) is 0.0204. The number of halogens is 1. The Morgan fingerprint density at radius 3 is 3.04 bits per heavy atom. The maximum Gasteiger partial charge on any atom is 0.238 e. The highest BCUT2D eigenvalue weighted by Gasteiger charge is 2.29. The van der Waals surface area contributed by atoms with Gasteiger partial charge >= 0.3 is 0 Å². The van der Waals surface area contributed by atoms with Gasteiger partial charge in [-0.1, -0.05) is 17.7 Å². The number of fused-ring (bicyclic) bond motifs is 1. The lowest BCUT2D eigenvalue weighted by Crippen LogP contribution is -2.34. The van der Waals surface area contributed by atoms with Gasteiger partial charge in [-0.25, -0.2) is 4.98 Å². The lowest BCUT2D eigenvalue weighted by atomic mass is 10.2. The molecule has 0 bridgehead atoms. The van der Waals surface area contributed by atoms with Gasteiger partial charge in [0.05, 0.1) is 17.5 Å². The normalized spacial score (nSPS) is 15.5. The SMILES string of the molecule is COCCOc1ncccc1CNC(=O)CC1Sc2ccc(Cl)cc2NC1=O. The summed E-state index contributed by atoms with van der Waals surface area (Å²) >= 11 is 7.31. The molecule has 1 aromatic heterocycles. The number of hydrogen-bond donors (Lipinski definition) is 2. The number of carbonyl (C=O) groups excluding carboxylic acids is 2. The van der Waals surface area contributed by atoms with Crippen LogP contribution in [-0.2, 0) is 20.9 Å². The van der Waals surface area contributed by atoms with E-state index in [0.29, 0.717) is 29.8 Å². The van der Waals surface area contributed by atoms with Crippen molar-refractivity contribution in [1.29, 1.82) is 0 Å². The molecule has 0 radical (unpaired) electrons. The van der Waals surface area contributed by atoms with Crippen molar-refractivity contribution in [3.63, 3.8) is 0 Å². The van der Waals surface area contributed by atoms with Gasteiger partial charge in [0.15, 0.2) is 0 Å². The van der Waals surface area contributed by atoms with Crippen molar-refractivity contribution in [1.82, 2.24) is 10.3 Å². The van der Waals surface area contributed by atoms with E-state index in [1.807, 2.05) is 12.1 Å². The van der Waals surface area contributed by atoms with Crippen molar-refractivity contribution in [3.8, 4) is 5.88 Å². The third kappa shape index (κ3) is 5.37. The molecular formula is C19H20ClN3O4S. The second kappa shape index (κ2) is 9.77. The number of nitrogens with one attached hydrogen (secondary N) is 2. The molecule has 9 heteroatoms. The Hall–Kier alpha value is -2.29. The average molecular weight is 422 g/mol. The highest BCUT2D eigenvalue weighted by molar-refractivity contribution is 8.01. The van der Waals surface area contributed by atoms with Crippen LogP contribution in [0.1, 0.15) is 12.0 Å². The summed E-state index contributed by atoms with van der Waals surface area (Å²) in [4.78, 5) is 29.7. The number of thioether (sulfide) groups is 1. The van der Waals surface area contributed by atoms with Crippen LogP contribution >= 0.6 is 23.4 Å². The smallest absolute Gasteiger partial charge is 0.238 e. The molecule has 148 valence electrons. The molecule has 3 rings (SSSR count). The first-order valence-corrected chi connectivity index (χ1v) is 9.92. The molecule has 1 aliphatic heterocycles. The van der Waals surface area contributed by atoms with Crippen LogP contribution in [-0.4, -0.2) is 42.4 Å². The molecule has 2 N–H and O–H groups in total. The summed E-state index contributed by atoms with van der Waals surface area (Å²) in [6.45, 7) is 1.08.